The van der Waals surface area contributed by atoms with Crippen LogP contribution in [0.5, 0.6) is 11.5 Å². The zero-order valence-electron chi connectivity index (χ0n) is 10.5. The maximum atomic E-state index is 8.97. The van der Waals surface area contributed by atoms with E-state index in [2.05, 4.69) is 15.5 Å². The fourth-order valence-corrected chi connectivity index (χ4v) is 1.61. The standard InChI is InChI=1S/C12H13N5O2/c1-18-9-4-3-7(5-10(9)19-2)15-12-8(6-13)11(14)16-17-12/h3-5H,1-2H3,(H4,14,15,16,17). The zero-order chi connectivity index (χ0) is 13.8. The van der Waals surface area contributed by atoms with E-state index in [9.17, 15) is 0 Å². The largest absolute Gasteiger partial charge is 0.493 e. The molecule has 1 aromatic carbocycles. The molecule has 0 fully saturated rings. The lowest BCUT2D eigenvalue weighted by molar-refractivity contribution is 0.355. The van der Waals surface area contributed by atoms with Gasteiger partial charge in [-0.3, -0.25) is 5.10 Å². The molecule has 0 saturated carbocycles. The number of benzene rings is 1. The molecule has 2 rings (SSSR count). The van der Waals surface area contributed by atoms with Crippen LogP contribution in [0.15, 0.2) is 18.2 Å². The number of nitrogens with one attached hydrogen (secondary N) is 2. The maximum absolute atomic E-state index is 8.97. The summed E-state index contributed by atoms with van der Waals surface area (Å²) in [7, 11) is 3.11. The second-order valence-electron chi connectivity index (χ2n) is 3.67. The Morgan fingerprint density at radius 3 is 2.68 bits per heavy atom. The van der Waals surface area contributed by atoms with Crippen molar-refractivity contribution in [3.63, 3.8) is 0 Å². The van der Waals surface area contributed by atoms with Crippen LogP contribution in [0.3, 0.4) is 0 Å². The number of H-pyrrole nitrogens is 1. The Hall–Kier alpha value is -2.88. The second kappa shape index (κ2) is 5.18. The summed E-state index contributed by atoms with van der Waals surface area (Å²) >= 11 is 0. The number of methoxy groups -OCH3 is 2. The number of hydrogen-bond donors (Lipinski definition) is 3. The average molecular weight is 259 g/mol. The Morgan fingerprint density at radius 2 is 2.05 bits per heavy atom. The van der Waals surface area contributed by atoms with Gasteiger partial charge in [0.1, 0.15) is 17.5 Å². The SMILES string of the molecule is COc1ccc(Nc2n[nH]c(N)c2C#N)cc1OC. The molecule has 7 heteroatoms. The normalized spacial score (nSPS) is 9.74. The van der Waals surface area contributed by atoms with E-state index >= 15 is 0 Å². The molecule has 0 spiro atoms. The number of aromatic amines is 1. The summed E-state index contributed by atoms with van der Waals surface area (Å²) in [4.78, 5) is 0. The van der Waals surface area contributed by atoms with Crippen molar-refractivity contribution in [3.05, 3.63) is 23.8 Å². The molecule has 0 saturated heterocycles. The van der Waals surface area contributed by atoms with Gasteiger partial charge in [-0.2, -0.15) is 10.4 Å². The Balaban J connectivity index is 2.31. The molecule has 0 aliphatic heterocycles. The summed E-state index contributed by atoms with van der Waals surface area (Å²) in [5.74, 6) is 1.79. The minimum atomic E-state index is 0.227. The van der Waals surface area contributed by atoms with Gasteiger partial charge >= 0.3 is 0 Å². The number of hydrogen-bond acceptors (Lipinski definition) is 6. The third-order valence-electron chi connectivity index (χ3n) is 2.55. The zero-order valence-corrected chi connectivity index (χ0v) is 10.5. The van der Waals surface area contributed by atoms with Gasteiger partial charge in [0.05, 0.1) is 14.2 Å². The van der Waals surface area contributed by atoms with Crippen molar-refractivity contribution >= 4 is 17.3 Å². The van der Waals surface area contributed by atoms with E-state index in [-0.39, 0.29) is 11.4 Å². The molecule has 98 valence electrons. The van der Waals surface area contributed by atoms with Gasteiger partial charge in [-0.05, 0) is 12.1 Å². The lowest BCUT2D eigenvalue weighted by Gasteiger charge is -2.10. The van der Waals surface area contributed by atoms with E-state index in [1.54, 1.807) is 32.4 Å². The van der Waals surface area contributed by atoms with Gasteiger partial charge < -0.3 is 20.5 Å². The van der Waals surface area contributed by atoms with Gasteiger partial charge in [-0.15, -0.1) is 0 Å². The van der Waals surface area contributed by atoms with Crippen LogP contribution in [0, 0.1) is 11.3 Å². The van der Waals surface area contributed by atoms with Crippen molar-refractivity contribution in [1.29, 1.82) is 5.26 Å². The average Bonchev–Trinajstić information content (AvgIpc) is 2.78. The molecular weight excluding hydrogens is 246 g/mol. The van der Waals surface area contributed by atoms with Crippen LogP contribution in [0.25, 0.3) is 0 Å². The molecule has 1 heterocycles. The van der Waals surface area contributed by atoms with Crippen LogP contribution >= 0.6 is 0 Å². The molecular formula is C12H13N5O2. The summed E-state index contributed by atoms with van der Waals surface area (Å²) in [5.41, 5.74) is 6.56. The first kappa shape index (κ1) is 12.6. The van der Waals surface area contributed by atoms with Crippen molar-refractivity contribution in [2.75, 3.05) is 25.3 Å². The van der Waals surface area contributed by atoms with E-state index in [0.717, 1.165) is 0 Å². The molecule has 4 N–H and O–H groups in total. The highest BCUT2D eigenvalue weighted by Gasteiger charge is 2.11. The first-order valence-electron chi connectivity index (χ1n) is 5.42. The Kier molecular flexibility index (Phi) is 3.43. The molecule has 0 radical (unpaired) electrons. The van der Waals surface area contributed by atoms with Crippen LogP contribution in [0.1, 0.15) is 5.56 Å². The molecule has 0 unspecified atom stereocenters. The Bertz CT molecular complexity index is 630. The lowest BCUT2D eigenvalue weighted by atomic mass is 10.2. The Morgan fingerprint density at radius 1 is 1.32 bits per heavy atom. The number of nitrogen functional groups attached to an aromatic ring is 1. The highest BCUT2D eigenvalue weighted by atomic mass is 16.5. The number of nitrogens with zero attached hydrogens (tertiary/aromatic N) is 2. The van der Waals surface area contributed by atoms with Crippen molar-refractivity contribution in [2.24, 2.45) is 0 Å². The van der Waals surface area contributed by atoms with Gasteiger partial charge in [-0.1, -0.05) is 0 Å². The fourth-order valence-electron chi connectivity index (χ4n) is 1.61. The van der Waals surface area contributed by atoms with E-state index in [1.165, 1.54) is 0 Å². The van der Waals surface area contributed by atoms with E-state index in [0.29, 0.717) is 23.0 Å². The number of anilines is 3. The molecule has 0 atom stereocenters. The molecule has 0 amide bonds. The molecule has 1 aromatic heterocycles. The van der Waals surface area contributed by atoms with Gasteiger partial charge in [0.2, 0.25) is 0 Å². The second-order valence-corrected chi connectivity index (χ2v) is 3.67. The summed E-state index contributed by atoms with van der Waals surface area (Å²) in [6.45, 7) is 0. The van der Waals surface area contributed by atoms with Crippen LogP contribution in [-0.4, -0.2) is 24.4 Å². The molecule has 0 bridgehead atoms. The monoisotopic (exact) mass is 259 g/mol. The molecule has 19 heavy (non-hydrogen) atoms. The number of nitriles is 1. The predicted molar refractivity (Wildman–Crippen MR) is 70.5 cm³/mol. The number of ether oxygens (including phenoxy) is 2. The van der Waals surface area contributed by atoms with E-state index < -0.39 is 0 Å². The number of nitrogens with two attached hydrogens (primary N) is 1. The van der Waals surface area contributed by atoms with E-state index in [1.807, 2.05) is 6.07 Å². The topological polar surface area (TPSA) is 109 Å². The molecule has 0 aliphatic carbocycles. The molecule has 2 aromatic rings. The van der Waals surface area contributed by atoms with Crippen LogP contribution in [0.4, 0.5) is 17.3 Å². The lowest BCUT2D eigenvalue weighted by Crippen LogP contribution is -1.96. The first-order valence-corrected chi connectivity index (χ1v) is 5.42. The van der Waals surface area contributed by atoms with Crippen molar-refractivity contribution in [3.8, 4) is 17.6 Å². The Labute approximate surface area is 109 Å². The van der Waals surface area contributed by atoms with Gasteiger partial charge in [0.25, 0.3) is 0 Å². The molecule has 7 nitrogen and oxygen atoms in total. The van der Waals surface area contributed by atoms with Crippen molar-refractivity contribution < 1.29 is 9.47 Å². The van der Waals surface area contributed by atoms with Crippen molar-refractivity contribution in [2.45, 2.75) is 0 Å². The fraction of sp³-hybridized carbons (Fsp3) is 0.167. The molecule has 0 aliphatic rings. The van der Waals surface area contributed by atoms with E-state index in [4.69, 9.17) is 20.5 Å². The highest BCUT2D eigenvalue weighted by Crippen LogP contribution is 2.31. The van der Waals surface area contributed by atoms with Gasteiger partial charge in [0.15, 0.2) is 17.3 Å². The highest BCUT2D eigenvalue weighted by molar-refractivity contribution is 5.70. The minimum absolute atomic E-state index is 0.227. The smallest absolute Gasteiger partial charge is 0.172 e. The summed E-state index contributed by atoms with van der Waals surface area (Å²) in [6.07, 6.45) is 0. The van der Waals surface area contributed by atoms with Crippen LogP contribution < -0.4 is 20.5 Å². The summed E-state index contributed by atoms with van der Waals surface area (Å²) in [6, 6.07) is 7.26. The first-order chi connectivity index (χ1) is 9.19. The number of rotatable bonds is 4. The third kappa shape index (κ3) is 2.37. The van der Waals surface area contributed by atoms with Crippen LogP contribution in [0.2, 0.25) is 0 Å². The van der Waals surface area contributed by atoms with Crippen molar-refractivity contribution in [1.82, 2.24) is 10.2 Å². The summed E-state index contributed by atoms with van der Waals surface area (Å²) < 4.78 is 10.3. The summed E-state index contributed by atoms with van der Waals surface area (Å²) in [5, 5.41) is 18.4. The third-order valence-corrected chi connectivity index (χ3v) is 2.55. The minimum Gasteiger partial charge on any atom is -0.493 e. The number of aromatic nitrogens is 2. The quantitative estimate of drug-likeness (QED) is 0.769. The van der Waals surface area contributed by atoms with Crippen LogP contribution in [-0.2, 0) is 0 Å². The maximum Gasteiger partial charge on any atom is 0.172 e. The van der Waals surface area contributed by atoms with Gasteiger partial charge in [0, 0.05) is 11.8 Å². The van der Waals surface area contributed by atoms with Gasteiger partial charge in [-0.25, -0.2) is 0 Å². The predicted octanol–water partition coefficient (Wildman–Crippen LogP) is 1.62.